The van der Waals surface area contributed by atoms with Crippen molar-refractivity contribution in [2.45, 2.75) is 58.3 Å². The molecule has 18 heavy (non-hydrogen) atoms. The van der Waals surface area contributed by atoms with E-state index in [1.165, 1.54) is 51.4 Å². The second-order valence-corrected chi connectivity index (χ2v) is 4.50. The topological polar surface area (TPSA) is 0 Å². The van der Waals surface area contributed by atoms with Crippen molar-refractivity contribution in [3.63, 3.8) is 0 Å². The van der Waals surface area contributed by atoms with Crippen LogP contribution in [0.2, 0.25) is 0 Å². The Morgan fingerprint density at radius 1 is 0.722 bits per heavy atom. The van der Waals surface area contributed by atoms with Crippen LogP contribution in [0.5, 0.6) is 0 Å². The summed E-state index contributed by atoms with van der Waals surface area (Å²) in [5.74, 6) is 0. The standard InChI is InChI=1S/C18H29/c1-3-5-7-9-11-13-15-17-18-16-14-12-10-8-6-4-2/h3,5,7-9,11,13,15H,1,4,6,10,12,14,16-18H2,2H3. The van der Waals surface area contributed by atoms with Crippen LogP contribution in [-0.2, 0) is 0 Å². The SMILES string of the molecule is C=CC=CC=CC=CCCCCCC[CH]CCC. The average Bonchev–Trinajstić information content (AvgIpc) is 2.39. The largest absolute Gasteiger partial charge is 0.0991 e. The van der Waals surface area contributed by atoms with E-state index in [2.05, 4.69) is 38.2 Å². The predicted molar refractivity (Wildman–Crippen MR) is 84.5 cm³/mol. The molecule has 0 rings (SSSR count). The second kappa shape index (κ2) is 16.0. The highest BCUT2D eigenvalue weighted by Gasteiger charge is 1.90. The maximum Gasteiger partial charge on any atom is -0.0348 e. The summed E-state index contributed by atoms with van der Waals surface area (Å²) >= 11 is 0. The van der Waals surface area contributed by atoms with Crippen LogP contribution >= 0.6 is 0 Å². The van der Waals surface area contributed by atoms with Crippen LogP contribution in [0.25, 0.3) is 0 Å². The van der Waals surface area contributed by atoms with E-state index < -0.39 is 0 Å². The molecule has 0 aliphatic carbocycles. The molecule has 0 aliphatic heterocycles. The number of hydrogen-bond donors (Lipinski definition) is 0. The van der Waals surface area contributed by atoms with Crippen LogP contribution in [0.3, 0.4) is 0 Å². The lowest BCUT2D eigenvalue weighted by Gasteiger charge is -1.99. The van der Waals surface area contributed by atoms with Gasteiger partial charge in [0.15, 0.2) is 0 Å². The number of rotatable bonds is 12. The lowest BCUT2D eigenvalue weighted by molar-refractivity contribution is 0.632. The van der Waals surface area contributed by atoms with Crippen LogP contribution in [0.4, 0.5) is 0 Å². The van der Waals surface area contributed by atoms with Gasteiger partial charge < -0.3 is 0 Å². The van der Waals surface area contributed by atoms with E-state index in [4.69, 9.17) is 0 Å². The van der Waals surface area contributed by atoms with Gasteiger partial charge in [-0.2, -0.15) is 0 Å². The molecule has 0 saturated carbocycles. The molecule has 0 atom stereocenters. The van der Waals surface area contributed by atoms with Crippen molar-refractivity contribution < 1.29 is 0 Å². The Hall–Kier alpha value is -1.04. The molecule has 0 spiro atoms. The van der Waals surface area contributed by atoms with Crippen molar-refractivity contribution in [1.82, 2.24) is 0 Å². The van der Waals surface area contributed by atoms with E-state index in [9.17, 15) is 0 Å². The summed E-state index contributed by atoms with van der Waals surface area (Å²) < 4.78 is 0. The monoisotopic (exact) mass is 245 g/mol. The minimum atomic E-state index is 1.20. The number of hydrogen-bond acceptors (Lipinski definition) is 0. The Morgan fingerprint density at radius 2 is 1.39 bits per heavy atom. The first kappa shape index (κ1) is 17.0. The molecule has 0 heteroatoms. The van der Waals surface area contributed by atoms with Crippen molar-refractivity contribution >= 4 is 0 Å². The van der Waals surface area contributed by atoms with Crippen LogP contribution in [0.15, 0.2) is 49.1 Å². The van der Waals surface area contributed by atoms with Crippen molar-refractivity contribution in [1.29, 1.82) is 0 Å². The molecule has 1 radical (unpaired) electrons. The lowest BCUT2D eigenvalue weighted by Crippen LogP contribution is -1.80. The summed E-state index contributed by atoms with van der Waals surface area (Å²) in [6, 6.07) is 0. The Morgan fingerprint density at radius 3 is 2.11 bits per heavy atom. The van der Waals surface area contributed by atoms with Gasteiger partial charge in [0.25, 0.3) is 0 Å². The molecule has 0 nitrogen and oxygen atoms in total. The summed E-state index contributed by atoms with van der Waals surface area (Å²) in [6.07, 6.45) is 27.1. The summed E-state index contributed by atoms with van der Waals surface area (Å²) in [5, 5.41) is 0. The Bertz CT molecular complexity index is 243. The van der Waals surface area contributed by atoms with Crippen molar-refractivity contribution in [2.24, 2.45) is 0 Å². The van der Waals surface area contributed by atoms with Gasteiger partial charge in [0.05, 0.1) is 0 Å². The van der Waals surface area contributed by atoms with Gasteiger partial charge in [0.2, 0.25) is 0 Å². The zero-order chi connectivity index (χ0) is 13.3. The highest BCUT2D eigenvalue weighted by molar-refractivity contribution is 5.14. The fourth-order valence-electron chi connectivity index (χ4n) is 1.70. The van der Waals surface area contributed by atoms with Crippen molar-refractivity contribution in [3.05, 3.63) is 55.5 Å². The zero-order valence-electron chi connectivity index (χ0n) is 12.0. The van der Waals surface area contributed by atoms with E-state index in [1.54, 1.807) is 6.08 Å². The molecule has 0 unspecified atom stereocenters. The third-order valence-electron chi connectivity index (χ3n) is 2.74. The normalized spacial score (nSPS) is 12.1. The molecule has 0 heterocycles. The van der Waals surface area contributed by atoms with Gasteiger partial charge in [0.1, 0.15) is 0 Å². The molecular weight excluding hydrogens is 216 g/mol. The molecule has 0 aromatic rings. The first-order chi connectivity index (χ1) is 8.91. The van der Waals surface area contributed by atoms with Gasteiger partial charge in [-0.25, -0.2) is 0 Å². The van der Waals surface area contributed by atoms with Crippen LogP contribution in [-0.4, -0.2) is 0 Å². The maximum atomic E-state index is 3.62. The smallest absolute Gasteiger partial charge is 0.0348 e. The van der Waals surface area contributed by atoms with Gasteiger partial charge in [0, 0.05) is 0 Å². The molecule has 0 aromatic heterocycles. The quantitative estimate of drug-likeness (QED) is 0.284. The lowest BCUT2D eigenvalue weighted by atomic mass is 10.1. The summed E-state index contributed by atoms with van der Waals surface area (Å²) in [6.45, 7) is 5.86. The third kappa shape index (κ3) is 15.0. The number of allylic oxidation sites excluding steroid dienone is 7. The summed E-state index contributed by atoms with van der Waals surface area (Å²) in [5.41, 5.74) is 0. The predicted octanol–water partition coefficient (Wildman–Crippen LogP) is 6.19. The van der Waals surface area contributed by atoms with Gasteiger partial charge in [-0.1, -0.05) is 94.6 Å². The molecule has 0 bridgehead atoms. The zero-order valence-corrected chi connectivity index (χ0v) is 12.0. The van der Waals surface area contributed by atoms with Crippen molar-refractivity contribution in [3.8, 4) is 0 Å². The summed E-state index contributed by atoms with van der Waals surface area (Å²) in [7, 11) is 0. The van der Waals surface area contributed by atoms with Crippen LogP contribution in [0.1, 0.15) is 58.3 Å². The number of unbranched alkanes of at least 4 members (excludes halogenated alkanes) is 8. The highest BCUT2D eigenvalue weighted by Crippen LogP contribution is 2.08. The van der Waals surface area contributed by atoms with E-state index in [-0.39, 0.29) is 0 Å². The first-order valence-corrected chi connectivity index (χ1v) is 7.34. The average molecular weight is 245 g/mol. The molecule has 0 saturated heterocycles. The molecule has 0 fully saturated rings. The fourth-order valence-corrected chi connectivity index (χ4v) is 1.70. The van der Waals surface area contributed by atoms with Crippen molar-refractivity contribution in [2.75, 3.05) is 0 Å². The Balaban J connectivity index is 3.19. The van der Waals surface area contributed by atoms with Crippen LogP contribution in [0, 0.1) is 6.42 Å². The van der Waals surface area contributed by atoms with Gasteiger partial charge in [-0.15, -0.1) is 0 Å². The molecular formula is C18H29. The molecule has 0 aromatic carbocycles. The fraction of sp³-hybridized carbons (Fsp3) is 0.500. The Kier molecular flexibility index (Phi) is 15.0. The minimum absolute atomic E-state index is 1.20. The summed E-state index contributed by atoms with van der Waals surface area (Å²) in [4.78, 5) is 0. The molecule has 0 amide bonds. The minimum Gasteiger partial charge on any atom is -0.0991 e. The molecule has 0 aliphatic rings. The third-order valence-corrected chi connectivity index (χ3v) is 2.74. The Labute approximate surface area is 114 Å². The maximum absolute atomic E-state index is 3.62. The van der Waals surface area contributed by atoms with E-state index in [0.29, 0.717) is 0 Å². The van der Waals surface area contributed by atoms with E-state index in [1.807, 2.05) is 18.2 Å². The first-order valence-electron chi connectivity index (χ1n) is 7.34. The van der Waals surface area contributed by atoms with Gasteiger partial charge in [-0.3, -0.25) is 0 Å². The van der Waals surface area contributed by atoms with Gasteiger partial charge >= 0.3 is 0 Å². The van der Waals surface area contributed by atoms with E-state index >= 15 is 0 Å². The second-order valence-electron chi connectivity index (χ2n) is 4.50. The van der Waals surface area contributed by atoms with E-state index in [0.717, 1.165) is 0 Å². The molecule has 101 valence electrons. The van der Waals surface area contributed by atoms with Gasteiger partial charge in [-0.05, 0) is 19.3 Å². The molecule has 0 N–H and O–H groups in total. The van der Waals surface area contributed by atoms with Crippen LogP contribution < -0.4 is 0 Å². The highest BCUT2D eigenvalue weighted by atomic mass is 14.0.